The van der Waals surface area contributed by atoms with Crippen molar-refractivity contribution in [3.63, 3.8) is 0 Å². The molecule has 1 aliphatic rings. The summed E-state index contributed by atoms with van der Waals surface area (Å²) in [6.45, 7) is 1.40. The van der Waals surface area contributed by atoms with Crippen LogP contribution in [-0.2, 0) is 9.53 Å². The Morgan fingerprint density at radius 2 is 1.73 bits per heavy atom. The van der Waals surface area contributed by atoms with Crippen molar-refractivity contribution < 1.29 is 19.1 Å². The van der Waals surface area contributed by atoms with Gasteiger partial charge in [-0.15, -0.1) is 10.2 Å². The SMILES string of the molecule is COC(=O)c1ccc(NC(=O)[C@H]2CCCN(c3ccc(-c4ccc(OC)cc4)nn3)C2)cc1. The Hall–Kier alpha value is -3.94. The number of ether oxygens (including phenoxy) is 2. The van der Waals surface area contributed by atoms with Crippen molar-refractivity contribution in [2.45, 2.75) is 12.8 Å². The molecule has 170 valence electrons. The number of carbonyl (C=O) groups excluding carboxylic acids is 2. The van der Waals surface area contributed by atoms with E-state index in [-0.39, 0.29) is 11.8 Å². The summed E-state index contributed by atoms with van der Waals surface area (Å²) in [7, 11) is 2.97. The highest BCUT2D eigenvalue weighted by molar-refractivity contribution is 5.94. The lowest BCUT2D eigenvalue weighted by Gasteiger charge is -2.32. The van der Waals surface area contributed by atoms with Crippen LogP contribution in [0.2, 0.25) is 0 Å². The molecule has 1 fully saturated rings. The van der Waals surface area contributed by atoms with Crippen molar-refractivity contribution in [1.82, 2.24) is 10.2 Å². The average Bonchev–Trinajstić information content (AvgIpc) is 2.89. The predicted molar refractivity (Wildman–Crippen MR) is 125 cm³/mol. The monoisotopic (exact) mass is 446 g/mol. The van der Waals surface area contributed by atoms with Gasteiger partial charge in [0.25, 0.3) is 0 Å². The van der Waals surface area contributed by atoms with Gasteiger partial charge in [-0.25, -0.2) is 4.79 Å². The van der Waals surface area contributed by atoms with Crippen LogP contribution in [-0.4, -0.2) is 49.4 Å². The van der Waals surface area contributed by atoms with Gasteiger partial charge in [0.05, 0.1) is 31.4 Å². The van der Waals surface area contributed by atoms with Crippen LogP contribution in [0.3, 0.4) is 0 Å². The number of piperidine rings is 1. The summed E-state index contributed by atoms with van der Waals surface area (Å²) >= 11 is 0. The highest BCUT2D eigenvalue weighted by Crippen LogP contribution is 2.25. The third-order valence-electron chi connectivity index (χ3n) is 5.73. The van der Waals surface area contributed by atoms with Gasteiger partial charge >= 0.3 is 5.97 Å². The van der Waals surface area contributed by atoms with E-state index in [0.29, 0.717) is 17.8 Å². The lowest BCUT2D eigenvalue weighted by atomic mass is 9.97. The lowest BCUT2D eigenvalue weighted by Crippen LogP contribution is -2.41. The summed E-state index contributed by atoms with van der Waals surface area (Å²) in [5, 5.41) is 11.7. The first-order chi connectivity index (χ1) is 16.1. The van der Waals surface area contributed by atoms with Crippen LogP contribution in [0.25, 0.3) is 11.3 Å². The van der Waals surface area contributed by atoms with Crippen molar-refractivity contribution >= 4 is 23.4 Å². The third kappa shape index (κ3) is 5.28. The molecule has 1 saturated heterocycles. The fourth-order valence-corrected chi connectivity index (χ4v) is 3.86. The Kier molecular flexibility index (Phi) is 6.83. The van der Waals surface area contributed by atoms with Gasteiger partial charge in [-0.2, -0.15) is 0 Å². The zero-order chi connectivity index (χ0) is 23.2. The molecule has 1 aliphatic heterocycles. The molecule has 1 aromatic heterocycles. The van der Waals surface area contributed by atoms with E-state index in [2.05, 4.69) is 20.4 Å². The Balaban J connectivity index is 1.38. The minimum atomic E-state index is -0.407. The molecule has 2 heterocycles. The van der Waals surface area contributed by atoms with E-state index >= 15 is 0 Å². The van der Waals surface area contributed by atoms with Crippen LogP contribution in [0.5, 0.6) is 5.75 Å². The average molecular weight is 447 g/mol. The van der Waals surface area contributed by atoms with Crippen LogP contribution in [0, 0.1) is 5.92 Å². The van der Waals surface area contributed by atoms with E-state index < -0.39 is 5.97 Å². The molecule has 8 nitrogen and oxygen atoms in total. The molecule has 8 heteroatoms. The van der Waals surface area contributed by atoms with Crippen LogP contribution in [0.15, 0.2) is 60.7 Å². The second-order valence-electron chi connectivity index (χ2n) is 7.85. The Bertz CT molecular complexity index is 1100. The molecule has 33 heavy (non-hydrogen) atoms. The summed E-state index contributed by atoms with van der Waals surface area (Å²) in [6.07, 6.45) is 1.70. The number of esters is 1. The Morgan fingerprint density at radius 1 is 0.970 bits per heavy atom. The second kappa shape index (κ2) is 10.1. The summed E-state index contributed by atoms with van der Waals surface area (Å²) < 4.78 is 9.90. The Labute approximate surface area is 192 Å². The van der Waals surface area contributed by atoms with E-state index in [4.69, 9.17) is 9.47 Å². The highest BCUT2D eigenvalue weighted by atomic mass is 16.5. The summed E-state index contributed by atoms with van der Waals surface area (Å²) in [4.78, 5) is 26.5. The second-order valence-corrected chi connectivity index (χ2v) is 7.85. The number of methoxy groups -OCH3 is 2. The smallest absolute Gasteiger partial charge is 0.337 e. The van der Waals surface area contributed by atoms with Gasteiger partial charge in [0.1, 0.15) is 5.75 Å². The van der Waals surface area contributed by atoms with Gasteiger partial charge in [0.2, 0.25) is 5.91 Å². The maximum Gasteiger partial charge on any atom is 0.337 e. The number of hydrogen-bond donors (Lipinski definition) is 1. The van der Waals surface area contributed by atoms with Gasteiger partial charge in [0, 0.05) is 24.3 Å². The molecule has 0 bridgehead atoms. The molecule has 3 aromatic rings. The van der Waals surface area contributed by atoms with Crippen molar-refractivity contribution in [1.29, 1.82) is 0 Å². The number of carbonyl (C=O) groups is 2. The number of benzene rings is 2. The quantitative estimate of drug-likeness (QED) is 0.576. The van der Waals surface area contributed by atoms with Gasteiger partial charge < -0.3 is 19.7 Å². The fraction of sp³-hybridized carbons (Fsp3) is 0.280. The number of nitrogens with one attached hydrogen (secondary N) is 1. The molecule has 1 amide bonds. The summed E-state index contributed by atoms with van der Waals surface area (Å²) in [5.74, 6) is 0.929. The third-order valence-corrected chi connectivity index (χ3v) is 5.73. The van der Waals surface area contributed by atoms with Crippen LogP contribution < -0.4 is 15.0 Å². The Morgan fingerprint density at radius 3 is 2.36 bits per heavy atom. The molecular formula is C25H26N4O4. The molecule has 1 atom stereocenters. The van der Waals surface area contributed by atoms with Gasteiger partial charge in [-0.05, 0) is 73.5 Å². The van der Waals surface area contributed by atoms with Gasteiger partial charge in [0.15, 0.2) is 5.82 Å². The van der Waals surface area contributed by atoms with E-state index in [1.165, 1.54) is 7.11 Å². The van der Waals surface area contributed by atoms with Gasteiger partial charge in [-0.1, -0.05) is 0 Å². The van der Waals surface area contributed by atoms with Crippen molar-refractivity contribution in [3.05, 3.63) is 66.2 Å². The number of anilines is 2. The van der Waals surface area contributed by atoms with Crippen LogP contribution in [0.1, 0.15) is 23.2 Å². The molecule has 0 radical (unpaired) electrons. The zero-order valence-corrected chi connectivity index (χ0v) is 18.7. The first kappa shape index (κ1) is 22.3. The minimum absolute atomic E-state index is 0.0478. The van der Waals surface area contributed by atoms with E-state index in [1.54, 1.807) is 31.4 Å². The summed E-state index contributed by atoms with van der Waals surface area (Å²) in [6, 6.07) is 18.2. The molecule has 0 spiro atoms. The first-order valence-corrected chi connectivity index (χ1v) is 10.8. The molecule has 0 unspecified atom stereocenters. The predicted octanol–water partition coefficient (Wildman–Crippen LogP) is 3.79. The first-order valence-electron chi connectivity index (χ1n) is 10.8. The molecular weight excluding hydrogens is 420 g/mol. The highest BCUT2D eigenvalue weighted by Gasteiger charge is 2.27. The number of hydrogen-bond acceptors (Lipinski definition) is 7. The number of rotatable bonds is 6. The largest absolute Gasteiger partial charge is 0.497 e. The minimum Gasteiger partial charge on any atom is -0.497 e. The number of amides is 1. The van der Waals surface area contributed by atoms with E-state index in [9.17, 15) is 9.59 Å². The molecule has 2 aromatic carbocycles. The van der Waals surface area contributed by atoms with Crippen molar-refractivity contribution in [3.8, 4) is 17.0 Å². The van der Waals surface area contributed by atoms with E-state index in [0.717, 1.165) is 42.2 Å². The van der Waals surface area contributed by atoms with Crippen LogP contribution >= 0.6 is 0 Å². The van der Waals surface area contributed by atoms with E-state index in [1.807, 2.05) is 36.4 Å². The number of nitrogens with zero attached hydrogens (tertiary/aromatic N) is 3. The standard InChI is InChI=1S/C25H26N4O4/c1-32-21-11-7-17(8-12-21)22-13-14-23(28-27-22)29-15-3-4-19(16-29)24(30)26-20-9-5-18(6-10-20)25(31)33-2/h5-14,19H,3-4,15-16H2,1-2H3,(H,26,30)/t19-/m0/s1. The number of aromatic nitrogens is 2. The maximum absolute atomic E-state index is 12.8. The van der Waals surface area contributed by atoms with Gasteiger partial charge in [-0.3, -0.25) is 4.79 Å². The molecule has 0 saturated carbocycles. The normalized spacial score (nSPS) is 15.6. The van der Waals surface area contributed by atoms with Crippen LogP contribution in [0.4, 0.5) is 11.5 Å². The lowest BCUT2D eigenvalue weighted by molar-refractivity contribution is -0.120. The zero-order valence-electron chi connectivity index (χ0n) is 18.7. The van der Waals surface area contributed by atoms with Crippen molar-refractivity contribution in [2.24, 2.45) is 5.92 Å². The molecule has 4 rings (SSSR count). The maximum atomic E-state index is 12.8. The summed E-state index contributed by atoms with van der Waals surface area (Å²) in [5.41, 5.74) is 2.83. The molecule has 1 N–H and O–H groups in total. The fourth-order valence-electron chi connectivity index (χ4n) is 3.86. The topological polar surface area (TPSA) is 93.7 Å². The molecule has 0 aliphatic carbocycles. The van der Waals surface area contributed by atoms with Crippen molar-refractivity contribution in [2.75, 3.05) is 37.5 Å².